The predicted molar refractivity (Wildman–Crippen MR) is 87.9 cm³/mol. The van der Waals surface area contributed by atoms with Crippen LogP contribution in [0.2, 0.25) is 0 Å². The zero-order valence-corrected chi connectivity index (χ0v) is 12.7. The van der Waals surface area contributed by atoms with Crippen molar-refractivity contribution in [3.63, 3.8) is 0 Å². The number of hydrogen-bond acceptors (Lipinski definition) is 2. The summed E-state index contributed by atoms with van der Waals surface area (Å²) in [6.07, 6.45) is 2.69. The first-order chi connectivity index (χ1) is 10.8. The largest absolute Gasteiger partial charge is 0.376 e. The van der Waals surface area contributed by atoms with E-state index in [0.29, 0.717) is 13.0 Å². The van der Waals surface area contributed by atoms with Gasteiger partial charge >= 0.3 is 0 Å². The summed E-state index contributed by atoms with van der Waals surface area (Å²) in [7, 11) is 0. The second kappa shape index (κ2) is 7.23. The number of carbonyl (C=O) groups excluding carboxylic acids is 1. The van der Waals surface area contributed by atoms with Crippen molar-refractivity contribution < 1.29 is 9.53 Å². The summed E-state index contributed by atoms with van der Waals surface area (Å²) in [4.78, 5) is 14.6. The first kappa shape index (κ1) is 14.8. The van der Waals surface area contributed by atoms with Gasteiger partial charge in [-0.1, -0.05) is 48.5 Å². The van der Waals surface area contributed by atoms with Gasteiger partial charge in [0.1, 0.15) is 0 Å². The Morgan fingerprint density at radius 1 is 1.05 bits per heavy atom. The lowest BCUT2D eigenvalue weighted by molar-refractivity contribution is -0.118. The Morgan fingerprint density at radius 3 is 2.36 bits per heavy atom. The van der Waals surface area contributed by atoms with Gasteiger partial charge in [-0.3, -0.25) is 4.79 Å². The molecule has 0 N–H and O–H groups in total. The van der Waals surface area contributed by atoms with Crippen LogP contribution in [0.5, 0.6) is 0 Å². The van der Waals surface area contributed by atoms with Crippen LogP contribution in [0, 0.1) is 0 Å². The first-order valence-corrected chi connectivity index (χ1v) is 7.84. The van der Waals surface area contributed by atoms with E-state index in [4.69, 9.17) is 4.74 Å². The average Bonchev–Trinajstić information content (AvgIpc) is 3.07. The highest BCUT2D eigenvalue weighted by atomic mass is 16.5. The van der Waals surface area contributed by atoms with Crippen molar-refractivity contribution >= 4 is 11.6 Å². The lowest BCUT2D eigenvalue weighted by atomic mass is 10.1. The quantitative estimate of drug-likeness (QED) is 0.845. The van der Waals surface area contributed by atoms with Crippen LogP contribution in [0.15, 0.2) is 60.7 Å². The number of benzene rings is 2. The molecule has 3 heteroatoms. The van der Waals surface area contributed by atoms with Crippen molar-refractivity contribution in [3.05, 3.63) is 66.2 Å². The van der Waals surface area contributed by atoms with E-state index < -0.39 is 0 Å². The van der Waals surface area contributed by atoms with Crippen molar-refractivity contribution in [1.29, 1.82) is 0 Å². The monoisotopic (exact) mass is 295 g/mol. The number of ether oxygens (including phenoxy) is 1. The number of carbonyl (C=O) groups is 1. The number of rotatable bonds is 5. The minimum atomic E-state index is 0.118. The van der Waals surface area contributed by atoms with Gasteiger partial charge in [-0.25, -0.2) is 0 Å². The zero-order valence-electron chi connectivity index (χ0n) is 12.7. The van der Waals surface area contributed by atoms with Gasteiger partial charge in [-0.15, -0.1) is 0 Å². The van der Waals surface area contributed by atoms with Gasteiger partial charge in [0.2, 0.25) is 5.91 Å². The maximum atomic E-state index is 12.8. The van der Waals surface area contributed by atoms with Gasteiger partial charge in [-0.2, -0.15) is 0 Å². The number of amides is 1. The third-order valence-corrected chi connectivity index (χ3v) is 3.98. The highest BCUT2D eigenvalue weighted by molar-refractivity contribution is 5.94. The summed E-state index contributed by atoms with van der Waals surface area (Å²) in [5.41, 5.74) is 1.99. The smallest absolute Gasteiger partial charge is 0.231 e. The molecule has 0 radical (unpaired) electrons. The molecule has 1 saturated heterocycles. The molecule has 0 aromatic heterocycles. The topological polar surface area (TPSA) is 29.5 Å². The van der Waals surface area contributed by atoms with Crippen molar-refractivity contribution in [2.45, 2.75) is 25.4 Å². The fraction of sp³-hybridized carbons (Fsp3) is 0.316. The fourth-order valence-electron chi connectivity index (χ4n) is 2.82. The van der Waals surface area contributed by atoms with Crippen LogP contribution in [0.25, 0.3) is 0 Å². The first-order valence-electron chi connectivity index (χ1n) is 7.84. The molecule has 1 fully saturated rings. The number of hydrogen-bond donors (Lipinski definition) is 0. The molecule has 2 aromatic rings. The average molecular weight is 295 g/mol. The molecule has 114 valence electrons. The molecule has 3 nitrogen and oxygen atoms in total. The fourth-order valence-corrected chi connectivity index (χ4v) is 2.82. The summed E-state index contributed by atoms with van der Waals surface area (Å²) in [6.45, 7) is 1.44. The van der Waals surface area contributed by atoms with E-state index in [1.807, 2.05) is 65.6 Å². The highest BCUT2D eigenvalue weighted by Gasteiger charge is 2.23. The maximum absolute atomic E-state index is 12.8. The molecule has 1 atom stereocenters. The van der Waals surface area contributed by atoms with Crippen LogP contribution in [0.3, 0.4) is 0 Å². The SMILES string of the molecule is O=C(Cc1ccccc1)N(CC1CCCO1)c1ccccc1. The van der Waals surface area contributed by atoms with E-state index in [-0.39, 0.29) is 12.0 Å². The molecule has 1 aliphatic rings. The van der Waals surface area contributed by atoms with Crippen LogP contribution in [-0.2, 0) is 16.0 Å². The van der Waals surface area contributed by atoms with Crippen LogP contribution < -0.4 is 4.90 Å². The van der Waals surface area contributed by atoms with Gasteiger partial charge < -0.3 is 9.64 Å². The summed E-state index contributed by atoms with van der Waals surface area (Å²) < 4.78 is 5.71. The van der Waals surface area contributed by atoms with Crippen molar-refractivity contribution in [1.82, 2.24) is 0 Å². The van der Waals surface area contributed by atoms with E-state index in [9.17, 15) is 4.79 Å². The molecule has 0 bridgehead atoms. The van der Waals surface area contributed by atoms with Gasteiger partial charge in [0.15, 0.2) is 0 Å². The molecule has 1 unspecified atom stereocenters. The van der Waals surface area contributed by atoms with Crippen LogP contribution >= 0.6 is 0 Å². The second-order valence-corrected chi connectivity index (χ2v) is 5.64. The molecular formula is C19H21NO2. The molecule has 3 rings (SSSR count). The Kier molecular flexibility index (Phi) is 4.86. The Hall–Kier alpha value is -2.13. The lowest BCUT2D eigenvalue weighted by Gasteiger charge is -2.25. The van der Waals surface area contributed by atoms with E-state index in [0.717, 1.165) is 30.7 Å². The molecule has 0 saturated carbocycles. The van der Waals surface area contributed by atoms with Gasteiger partial charge in [-0.05, 0) is 30.5 Å². The number of anilines is 1. The summed E-state index contributed by atoms with van der Waals surface area (Å²) in [5, 5.41) is 0. The van der Waals surface area contributed by atoms with E-state index in [1.54, 1.807) is 0 Å². The maximum Gasteiger partial charge on any atom is 0.231 e. The van der Waals surface area contributed by atoms with E-state index in [2.05, 4.69) is 0 Å². The third kappa shape index (κ3) is 3.74. The third-order valence-electron chi connectivity index (χ3n) is 3.98. The normalized spacial score (nSPS) is 17.4. The van der Waals surface area contributed by atoms with Gasteiger partial charge in [0.05, 0.1) is 19.1 Å². The Bertz CT molecular complexity index is 591. The molecule has 1 aliphatic heterocycles. The molecule has 1 amide bonds. The molecule has 0 spiro atoms. The lowest BCUT2D eigenvalue weighted by Crippen LogP contribution is -2.38. The number of nitrogens with zero attached hydrogens (tertiary/aromatic N) is 1. The minimum Gasteiger partial charge on any atom is -0.376 e. The molecule has 22 heavy (non-hydrogen) atoms. The summed E-state index contributed by atoms with van der Waals surface area (Å²) in [5.74, 6) is 0.118. The van der Waals surface area contributed by atoms with Gasteiger partial charge in [0, 0.05) is 12.3 Å². The van der Waals surface area contributed by atoms with E-state index >= 15 is 0 Å². The van der Waals surface area contributed by atoms with E-state index in [1.165, 1.54) is 0 Å². The Labute approximate surface area is 131 Å². The molecule has 1 heterocycles. The van der Waals surface area contributed by atoms with Crippen LogP contribution in [0.1, 0.15) is 18.4 Å². The van der Waals surface area contributed by atoms with Crippen LogP contribution in [0.4, 0.5) is 5.69 Å². The van der Waals surface area contributed by atoms with Crippen LogP contribution in [-0.4, -0.2) is 25.2 Å². The minimum absolute atomic E-state index is 0.118. The van der Waals surface area contributed by atoms with Crippen molar-refractivity contribution in [2.75, 3.05) is 18.1 Å². The summed E-state index contributed by atoms with van der Waals surface area (Å²) in [6, 6.07) is 19.8. The van der Waals surface area contributed by atoms with Crippen molar-refractivity contribution in [3.8, 4) is 0 Å². The second-order valence-electron chi connectivity index (χ2n) is 5.64. The summed E-state index contributed by atoms with van der Waals surface area (Å²) >= 11 is 0. The molecule has 2 aromatic carbocycles. The standard InChI is InChI=1S/C19H21NO2/c21-19(14-16-8-3-1-4-9-16)20(15-18-12-7-13-22-18)17-10-5-2-6-11-17/h1-6,8-11,18H,7,12-15H2. The van der Waals surface area contributed by atoms with Crippen molar-refractivity contribution in [2.24, 2.45) is 0 Å². The Balaban J connectivity index is 1.76. The molecular weight excluding hydrogens is 274 g/mol. The number of para-hydroxylation sites is 1. The predicted octanol–water partition coefficient (Wildman–Crippen LogP) is 3.44. The molecule has 0 aliphatic carbocycles. The van der Waals surface area contributed by atoms with Gasteiger partial charge in [0.25, 0.3) is 0 Å². The highest BCUT2D eigenvalue weighted by Crippen LogP contribution is 2.20. The Morgan fingerprint density at radius 2 is 1.73 bits per heavy atom. The zero-order chi connectivity index (χ0) is 15.2.